The van der Waals surface area contributed by atoms with E-state index in [0.717, 1.165) is 12.8 Å². The molecule has 1 aliphatic carbocycles. The predicted molar refractivity (Wildman–Crippen MR) is 69.6 cm³/mol. The Bertz CT molecular complexity index is 393. The summed E-state index contributed by atoms with van der Waals surface area (Å²) in [6.45, 7) is 6.40. The van der Waals surface area contributed by atoms with Crippen molar-refractivity contribution in [2.24, 2.45) is 17.3 Å². The normalized spacial score (nSPS) is 36.9. The van der Waals surface area contributed by atoms with Gasteiger partial charge in [0.15, 0.2) is 0 Å². The first-order valence-corrected chi connectivity index (χ1v) is 6.86. The summed E-state index contributed by atoms with van der Waals surface area (Å²) in [7, 11) is 1.69. The summed E-state index contributed by atoms with van der Waals surface area (Å²) < 4.78 is 5.33. The van der Waals surface area contributed by atoms with Crippen LogP contribution in [0, 0.1) is 17.3 Å². The van der Waals surface area contributed by atoms with Crippen LogP contribution in [-0.2, 0) is 14.3 Å². The fourth-order valence-corrected chi connectivity index (χ4v) is 3.41. The van der Waals surface area contributed by atoms with Crippen LogP contribution in [0.1, 0.15) is 33.6 Å². The van der Waals surface area contributed by atoms with E-state index >= 15 is 0 Å². The minimum Gasteiger partial charge on any atom is -0.481 e. The summed E-state index contributed by atoms with van der Waals surface area (Å²) in [5, 5.41) is 9.16. The molecule has 2 rings (SSSR count). The van der Waals surface area contributed by atoms with Crippen molar-refractivity contribution < 1.29 is 19.4 Å². The Morgan fingerprint density at radius 1 is 1.32 bits per heavy atom. The van der Waals surface area contributed by atoms with Crippen LogP contribution in [-0.4, -0.2) is 47.7 Å². The van der Waals surface area contributed by atoms with Gasteiger partial charge >= 0.3 is 5.97 Å². The molecule has 1 saturated heterocycles. The quantitative estimate of drug-likeness (QED) is 0.840. The number of carboxylic acid groups (broad SMARTS) is 1. The standard InChI is InChI=1S/C14H23NO4/c1-8-7-9(19-4)5-6-15(8)12(16)10-11(13(17)18)14(10,2)3/h8-11H,5-7H2,1-4H3,(H,17,18). The number of likely N-dealkylation sites (tertiary alicyclic amines) is 1. The smallest absolute Gasteiger partial charge is 0.307 e. The Labute approximate surface area is 113 Å². The molecule has 5 nitrogen and oxygen atoms in total. The van der Waals surface area contributed by atoms with Gasteiger partial charge in [0.1, 0.15) is 0 Å². The highest BCUT2D eigenvalue weighted by atomic mass is 16.5. The highest BCUT2D eigenvalue weighted by Gasteiger charge is 2.66. The summed E-state index contributed by atoms with van der Waals surface area (Å²) >= 11 is 0. The van der Waals surface area contributed by atoms with E-state index in [4.69, 9.17) is 9.84 Å². The number of ether oxygens (including phenoxy) is 1. The number of amides is 1. The van der Waals surface area contributed by atoms with Gasteiger partial charge in [-0.05, 0) is 25.2 Å². The van der Waals surface area contributed by atoms with E-state index in [1.165, 1.54) is 0 Å². The topological polar surface area (TPSA) is 66.8 Å². The Morgan fingerprint density at radius 2 is 1.95 bits per heavy atom. The summed E-state index contributed by atoms with van der Waals surface area (Å²) in [5.74, 6) is -1.76. The highest BCUT2D eigenvalue weighted by molar-refractivity contribution is 5.91. The number of hydrogen-bond donors (Lipinski definition) is 1. The molecule has 0 aromatic heterocycles. The average molecular weight is 269 g/mol. The molecular formula is C14H23NO4. The Balaban J connectivity index is 2.04. The van der Waals surface area contributed by atoms with E-state index in [9.17, 15) is 9.59 Å². The zero-order chi connectivity index (χ0) is 14.4. The third-order valence-corrected chi connectivity index (χ3v) is 4.80. The number of hydrogen-bond acceptors (Lipinski definition) is 3. The van der Waals surface area contributed by atoms with Gasteiger partial charge in [-0.25, -0.2) is 0 Å². The number of aliphatic carboxylic acids is 1. The first kappa shape index (κ1) is 14.3. The molecule has 0 bridgehead atoms. The van der Waals surface area contributed by atoms with E-state index in [-0.39, 0.29) is 24.0 Å². The van der Waals surface area contributed by atoms with Crippen LogP contribution in [0.4, 0.5) is 0 Å². The molecule has 0 aromatic carbocycles. The van der Waals surface area contributed by atoms with Crippen LogP contribution in [0.5, 0.6) is 0 Å². The van der Waals surface area contributed by atoms with Crippen molar-refractivity contribution in [3.8, 4) is 0 Å². The van der Waals surface area contributed by atoms with Gasteiger partial charge in [-0.15, -0.1) is 0 Å². The molecule has 1 aliphatic heterocycles. The van der Waals surface area contributed by atoms with Crippen LogP contribution in [0.2, 0.25) is 0 Å². The minimum atomic E-state index is -0.859. The second-order valence-corrected chi connectivity index (χ2v) is 6.38. The van der Waals surface area contributed by atoms with Gasteiger partial charge in [-0.1, -0.05) is 13.8 Å². The molecule has 0 spiro atoms. The van der Waals surface area contributed by atoms with E-state index in [0.29, 0.717) is 6.54 Å². The SMILES string of the molecule is COC1CCN(C(=O)C2C(C(=O)O)C2(C)C)C(C)C1. The maximum atomic E-state index is 12.5. The molecule has 4 atom stereocenters. The molecule has 5 heteroatoms. The van der Waals surface area contributed by atoms with Crippen molar-refractivity contribution >= 4 is 11.9 Å². The van der Waals surface area contributed by atoms with Crippen molar-refractivity contribution in [3.63, 3.8) is 0 Å². The lowest BCUT2D eigenvalue weighted by molar-refractivity contribution is -0.144. The fourth-order valence-electron chi connectivity index (χ4n) is 3.41. The molecule has 1 amide bonds. The minimum absolute atomic E-state index is 0.000506. The zero-order valence-electron chi connectivity index (χ0n) is 12.0. The monoisotopic (exact) mass is 269 g/mol. The highest BCUT2D eigenvalue weighted by Crippen LogP contribution is 2.59. The summed E-state index contributed by atoms with van der Waals surface area (Å²) in [6.07, 6.45) is 1.87. The molecule has 0 aromatic rings. The third-order valence-electron chi connectivity index (χ3n) is 4.80. The fraction of sp³-hybridized carbons (Fsp3) is 0.857. The molecule has 1 N–H and O–H groups in total. The lowest BCUT2D eigenvalue weighted by atomic mass is 9.99. The second-order valence-electron chi connectivity index (χ2n) is 6.38. The van der Waals surface area contributed by atoms with Crippen molar-refractivity contribution in [3.05, 3.63) is 0 Å². The molecule has 1 saturated carbocycles. The maximum absolute atomic E-state index is 12.5. The Kier molecular flexibility index (Phi) is 3.60. The number of carbonyl (C=O) groups is 2. The molecule has 0 radical (unpaired) electrons. The molecule has 19 heavy (non-hydrogen) atoms. The second kappa shape index (κ2) is 4.78. The lowest BCUT2D eigenvalue weighted by Crippen LogP contribution is -2.47. The number of methoxy groups -OCH3 is 1. The number of nitrogens with zero attached hydrogens (tertiary/aromatic N) is 1. The summed E-state index contributed by atoms with van der Waals surface area (Å²) in [5.41, 5.74) is -0.416. The molecule has 4 unspecified atom stereocenters. The zero-order valence-corrected chi connectivity index (χ0v) is 12.0. The van der Waals surface area contributed by atoms with E-state index < -0.39 is 17.3 Å². The first-order valence-electron chi connectivity index (χ1n) is 6.86. The number of carboxylic acids is 1. The van der Waals surface area contributed by atoms with Crippen LogP contribution in [0.25, 0.3) is 0 Å². The van der Waals surface area contributed by atoms with Gasteiger partial charge in [-0.3, -0.25) is 9.59 Å². The van der Waals surface area contributed by atoms with Gasteiger partial charge in [0.25, 0.3) is 0 Å². The molecule has 2 aliphatic rings. The van der Waals surface area contributed by atoms with Gasteiger partial charge < -0.3 is 14.7 Å². The van der Waals surface area contributed by atoms with Gasteiger partial charge in [-0.2, -0.15) is 0 Å². The average Bonchev–Trinajstić information content (AvgIpc) is 2.91. The van der Waals surface area contributed by atoms with Crippen molar-refractivity contribution in [2.75, 3.05) is 13.7 Å². The van der Waals surface area contributed by atoms with Crippen LogP contribution in [0.3, 0.4) is 0 Å². The number of carbonyl (C=O) groups excluding carboxylic acids is 1. The number of rotatable bonds is 3. The Morgan fingerprint density at radius 3 is 2.37 bits per heavy atom. The predicted octanol–water partition coefficient (Wildman–Crippen LogP) is 1.37. The summed E-state index contributed by atoms with van der Waals surface area (Å²) in [4.78, 5) is 25.5. The van der Waals surface area contributed by atoms with Crippen molar-refractivity contribution in [1.82, 2.24) is 4.90 Å². The Hall–Kier alpha value is -1.10. The van der Waals surface area contributed by atoms with E-state index in [1.54, 1.807) is 7.11 Å². The number of piperidine rings is 1. The van der Waals surface area contributed by atoms with Crippen molar-refractivity contribution in [1.29, 1.82) is 0 Å². The van der Waals surface area contributed by atoms with Crippen molar-refractivity contribution in [2.45, 2.75) is 45.8 Å². The summed E-state index contributed by atoms with van der Waals surface area (Å²) in [6, 6.07) is 0.122. The molecule has 2 fully saturated rings. The maximum Gasteiger partial charge on any atom is 0.307 e. The van der Waals surface area contributed by atoms with E-state index in [2.05, 4.69) is 0 Å². The first-order chi connectivity index (χ1) is 8.80. The van der Waals surface area contributed by atoms with Crippen LogP contribution < -0.4 is 0 Å². The largest absolute Gasteiger partial charge is 0.481 e. The van der Waals surface area contributed by atoms with Gasteiger partial charge in [0, 0.05) is 19.7 Å². The lowest BCUT2D eigenvalue weighted by Gasteiger charge is -2.37. The third kappa shape index (κ3) is 2.36. The van der Waals surface area contributed by atoms with Gasteiger partial charge in [0.2, 0.25) is 5.91 Å². The molecule has 108 valence electrons. The molecule has 1 heterocycles. The van der Waals surface area contributed by atoms with E-state index in [1.807, 2.05) is 25.7 Å². The van der Waals surface area contributed by atoms with Crippen LogP contribution in [0.15, 0.2) is 0 Å². The van der Waals surface area contributed by atoms with Gasteiger partial charge in [0.05, 0.1) is 17.9 Å². The molecular weight excluding hydrogens is 246 g/mol. The van der Waals surface area contributed by atoms with Crippen LogP contribution >= 0.6 is 0 Å².